The van der Waals surface area contributed by atoms with Gasteiger partial charge in [0, 0.05) is 0 Å². The van der Waals surface area contributed by atoms with Gasteiger partial charge in [-0.3, -0.25) is 0 Å². The van der Waals surface area contributed by atoms with Crippen LogP contribution in [0, 0.1) is 0 Å². The van der Waals surface area contributed by atoms with Gasteiger partial charge in [0.1, 0.15) is 12.7 Å². The lowest BCUT2D eigenvalue weighted by molar-refractivity contribution is 0.192. The summed E-state index contributed by atoms with van der Waals surface area (Å²) in [5, 5.41) is 11.5. The first kappa shape index (κ1) is 4.76. The van der Waals surface area contributed by atoms with Crippen molar-refractivity contribution < 1.29 is 9.90 Å². The number of hydrogen-bond acceptors (Lipinski definition) is 3. The summed E-state index contributed by atoms with van der Waals surface area (Å²) in [6.07, 6.45) is 1.15. The van der Waals surface area contributed by atoms with Crippen LogP contribution in [0.1, 0.15) is 0 Å². The molecule has 0 aliphatic heterocycles. The average Bonchev–Trinajstić information content (AvgIpc) is 2.12. The first-order valence-corrected chi connectivity index (χ1v) is 1.88. The second-order valence-corrected chi connectivity index (χ2v) is 1.12. The molecule has 0 radical (unpaired) electrons. The topological polar surface area (TPSA) is 68.0 Å². The van der Waals surface area contributed by atoms with Crippen molar-refractivity contribution in [2.45, 2.75) is 0 Å². The zero-order valence-electron chi connectivity index (χ0n) is 3.85. The average molecular weight is 113 g/mol. The molecule has 1 rings (SSSR count). The number of carbonyl (C=O) groups is 1. The van der Waals surface area contributed by atoms with E-state index in [-0.39, 0.29) is 0 Å². The van der Waals surface area contributed by atoms with E-state index in [2.05, 4.69) is 10.1 Å². The zero-order chi connectivity index (χ0) is 5.98. The number of nitrogens with zero attached hydrogens (tertiary/aromatic N) is 3. The predicted molar refractivity (Wildman–Crippen MR) is 23.4 cm³/mol. The number of rotatable bonds is 0. The fourth-order valence-electron chi connectivity index (χ4n) is 0.307. The highest BCUT2D eigenvalue weighted by Crippen LogP contribution is 1.75. The van der Waals surface area contributed by atoms with Gasteiger partial charge in [-0.1, -0.05) is 0 Å². The van der Waals surface area contributed by atoms with Crippen LogP contribution in [-0.4, -0.2) is 26.0 Å². The SMILES string of the molecule is O=C(O)n1cncn1. The summed E-state index contributed by atoms with van der Waals surface area (Å²) < 4.78 is 0.722. The molecular formula is C3H3N3O2. The van der Waals surface area contributed by atoms with Gasteiger partial charge in [-0.05, 0) is 0 Å². The Labute approximate surface area is 44.6 Å². The van der Waals surface area contributed by atoms with Crippen molar-refractivity contribution in [3.63, 3.8) is 0 Å². The minimum atomic E-state index is -1.12. The molecule has 0 amide bonds. The van der Waals surface area contributed by atoms with E-state index in [1.807, 2.05) is 0 Å². The van der Waals surface area contributed by atoms with Crippen molar-refractivity contribution in [3.05, 3.63) is 12.7 Å². The first-order valence-electron chi connectivity index (χ1n) is 1.88. The van der Waals surface area contributed by atoms with E-state index in [4.69, 9.17) is 5.11 Å². The van der Waals surface area contributed by atoms with E-state index in [1.54, 1.807) is 0 Å². The Kier molecular flexibility index (Phi) is 0.957. The molecule has 0 unspecified atom stereocenters. The second kappa shape index (κ2) is 1.61. The molecule has 8 heavy (non-hydrogen) atoms. The minimum Gasteiger partial charge on any atom is -0.463 e. The van der Waals surface area contributed by atoms with Gasteiger partial charge >= 0.3 is 6.09 Å². The third kappa shape index (κ3) is 0.651. The van der Waals surface area contributed by atoms with Crippen LogP contribution >= 0.6 is 0 Å². The first-order chi connectivity index (χ1) is 3.80. The molecule has 0 saturated heterocycles. The molecule has 0 spiro atoms. The van der Waals surface area contributed by atoms with Gasteiger partial charge in [-0.25, -0.2) is 9.78 Å². The molecule has 0 aliphatic rings. The Morgan fingerprint density at radius 2 is 2.50 bits per heavy atom. The number of hydrogen-bond donors (Lipinski definition) is 1. The van der Waals surface area contributed by atoms with E-state index < -0.39 is 6.09 Å². The van der Waals surface area contributed by atoms with Crippen LogP contribution in [-0.2, 0) is 0 Å². The van der Waals surface area contributed by atoms with Crippen LogP contribution in [0.3, 0.4) is 0 Å². The highest BCUT2D eigenvalue weighted by atomic mass is 16.4. The van der Waals surface area contributed by atoms with Gasteiger partial charge in [0.2, 0.25) is 0 Å². The molecule has 0 atom stereocenters. The summed E-state index contributed by atoms with van der Waals surface area (Å²) in [4.78, 5) is 13.3. The van der Waals surface area contributed by atoms with Crippen molar-refractivity contribution in [3.8, 4) is 0 Å². The Morgan fingerprint density at radius 3 is 2.75 bits per heavy atom. The fourth-order valence-corrected chi connectivity index (χ4v) is 0.307. The maximum atomic E-state index is 9.92. The van der Waals surface area contributed by atoms with Gasteiger partial charge in [0.15, 0.2) is 0 Å². The Balaban J connectivity index is 2.93. The van der Waals surface area contributed by atoms with Crippen LogP contribution in [0.2, 0.25) is 0 Å². The maximum absolute atomic E-state index is 9.92. The predicted octanol–water partition coefficient (Wildman–Crippen LogP) is -0.196. The number of aromatic nitrogens is 3. The van der Waals surface area contributed by atoms with Crippen LogP contribution in [0.25, 0.3) is 0 Å². The quantitative estimate of drug-likeness (QED) is 0.506. The summed E-state index contributed by atoms with van der Waals surface area (Å²) in [5.74, 6) is 0. The van der Waals surface area contributed by atoms with Gasteiger partial charge < -0.3 is 5.11 Å². The van der Waals surface area contributed by atoms with Crippen molar-refractivity contribution in [2.24, 2.45) is 0 Å². The molecular weight excluding hydrogens is 110 g/mol. The van der Waals surface area contributed by atoms with Gasteiger partial charge in [0.25, 0.3) is 0 Å². The molecule has 0 saturated carbocycles. The van der Waals surface area contributed by atoms with Crippen molar-refractivity contribution in [1.82, 2.24) is 14.8 Å². The van der Waals surface area contributed by atoms with Crippen molar-refractivity contribution in [1.29, 1.82) is 0 Å². The minimum absolute atomic E-state index is 0.722. The summed E-state index contributed by atoms with van der Waals surface area (Å²) in [6.45, 7) is 0. The van der Waals surface area contributed by atoms with Gasteiger partial charge in [0.05, 0.1) is 0 Å². The highest BCUT2D eigenvalue weighted by molar-refractivity contribution is 5.65. The fraction of sp³-hybridized carbons (Fsp3) is 0. The maximum Gasteiger partial charge on any atom is 0.433 e. The molecule has 0 aromatic carbocycles. The Bertz CT molecular complexity index is 180. The molecule has 0 aliphatic carbocycles. The van der Waals surface area contributed by atoms with E-state index in [0.717, 1.165) is 17.3 Å². The lowest BCUT2D eigenvalue weighted by Gasteiger charge is -1.83. The largest absolute Gasteiger partial charge is 0.463 e. The summed E-state index contributed by atoms with van der Waals surface area (Å²) in [5.41, 5.74) is 0. The summed E-state index contributed by atoms with van der Waals surface area (Å²) in [7, 11) is 0. The normalized spacial score (nSPS) is 9.00. The third-order valence-corrected chi connectivity index (χ3v) is 0.615. The van der Waals surface area contributed by atoms with E-state index in [0.29, 0.717) is 0 Å². The smallest absolute Gasteiger partial charge is 0.433 e. The zero-order valence-corrected chi connectivity index (χ0v) is 3.85. The third-order valence-electron chi connectivity index (χ3n) is 0.615. The molecule has 1 aromatic rings. The Hall–Kier alpha value is -1.39. The lowest BCUT2D eigenvalue weighted by Crippen LogP contribution is -2.07. The van der Waals surface area contributed by atoms with E-state index >= 15 is 0 Å². The molecule has 0 bridgehead atoms. The highest BCUT2D eigenvalue weighted by Gasteiger charge is 1.96. The van der Waals surface area contributed by atoms with Crippen LogP contribution in [0.15, 0.2) is 12.7 Å². The van der Waals surface area contributed by atoms with Crippen molar-refractivity contribution >= 4 is 6.09 Å². The molecule has 1 heterocycles. The standard InChI is InChI=1S/C3H3N3O2/c7-3(8)6-2-4-1-5-6/h1-2H,(H,7,8). The molecule has 5 heteroatoms. The lowest BCUT2D eigenvalue weighted by atomic mass is 11.1. The van der Waals surface area contributed by atoms with Gasteiger partial charge in [-0.2, -0.15) is 4.68 Å². The molecule has 42 valence electrons. The molecule has 1 aromatic heterocycles. The summed E-state index contributed by atoms with van der Waals surface area (Å²) in [6, 6.07) is 0. The van der Waals surface area contributed by atoms with Crippen LogP contribution < -0.4 is 0 Å². The van der Waals surface area contributed by atoms with Gasteiger partial charge in [-0.15, -0.1) is 5.10 Å². The summed E-state index contributed by atoms with van der Waals surface area (Å²) >= 11 is 0. The number of carboxylic acid groups (broad SMARTS) is 1. The second-order valence-electron chi connectivity index (χ2n) is 1.12. The van der Waals surface area contributed by atoms with Crippen LogP contribution in [0.4, 0.5) is 4.79 Å². The molecule has 5 nitrogen and oxygen atoms in total. The van der Waals surface area contributed by atoms with Crippen LogP contribution in [0.5, 0.6) is 0 Å². The Morgan fingerprint density at radius 1 is 1.75 bits per heavy atom. The molecule has 0 fully saturated rings. The van der Waals surface area contributed by atoms with E-state index in [1.165, 1.54) is 0 Å². The van der Waals surface area contributed by atoms with Crippen molar-refractivity contribution in [2.75, 3.05) is 0 Å². The monoisotopic (exact) mass is 113 g/mol. The van der Waals surface area contributed by atoms with E-state index in [9.17, 15) is 4.79 Å². The molecule has 1 N–H and O–H groups in total.